The van der Waals surface area contributed by atoms with Crippen molar-refractivity contribution in [2.75, 3.05) is 6.61 Å². The first-order valence-corrected chi connectivity index (χ1v) is 6.96. The molecule has 7 heteroatoms. The lowest BCUT2D eigenvalue weighted by molar-refractivity contribution is -0.136. The van der Waals surface area contributed by atoms with Crippen molar-refractivity contribution in [3.05, 3.63) is 35.4 Å². The van der Waals surface area contributed by atoms with Crippen molar-refractivity contribution in [2.45, 2.75) is 31.9 Å². The van der Waals surface area contributed by atoms with E-state index >= 15 is 0 Å². The Balaban J connectivity index is 2.85. The summed E-state index contributed by atoms with van der Waals surface area (Å²) in [6.45, 7) is 2.67. The minimum Gasteiger partial charge on any atom is -0.395 e. The smallest absolute Gasteiger partial charge is 0.268 e. The summed E-state index contributed by atoms with van der Waals surface area (Å²) < 4.78 is 0. The Morgan fingerprint density at radius 2 is 1.87 bits per heavy atom. The van der Waals surface area contributed by atoms with Crippen molar-refractivity contribution in [1.29, 1.82) is 0 Å². The minimum atomic E-state index is -1.56. The average molecular weight is 320 g/mol. The van der Waals surface area contributed by atoms with Crippen molar-refractivity contribution in [2.24, 2.45) is 0 Å². The Kier molecular flexibility index (Phi) is 6.72. The van der Waals surface area contributed by atoms with Gasteiger partial charge in [-0.15, -0.1) is 0 Å². The molecule has 0 fully saturated rings. The molecule has 1 aromatic carbocycles. The van der Waals surface area contributed by atoms with Gasteiger partial charge in [0.2, 0.25) is 0 Å². The van der Waals surface area contributed by atoms with Crippen LogP contribution in [0.3, 0.4) is 0 Å². The summed E-state index contributed by atoms with van der Waals surface area (Å²) in [7, 11) is 0. The molecular weight excluding hydrogens is 300 g/mol. The molecule has 0 aliphatic carbocycles. The van der Waals surface area contributed by atoms with E-state index in [-0.39, 0.29) is 12.2 Å². The predicted molar refractivity (Wildman–Crippen MR) is 82.5 cm³/mol. The topological polar surface area (TPSA) is 119 Å². The Bertz CT molecular complexity index is 608. The summed E-state index contributed by atoms with van der Waals surface area (Å²) in [5, 5.41) is 29.6. The van der Waals surface area contributed by atoms with Gasteiger partial charge in [0.25, 0.3) is 11.8 Å². The Morgan fingerprint density at radius 1 is 1.26 bits per heavy atom. The quantitative estimate of drug-likeness (QED) is 0.292. The number of hydroxylamine groups is 1. The van der Waals surface area contributed by atoms with E-state index in [1.54, 1.807) is 12.1 Å². The van der Waals surface area contributed by atoms with Crippen molar-refractivity contribution in [3.63, 3.8) is 0 Å². The SMILES string of the molecule is CC(C)(O)[C@H](NC(=O)c1ccc(C#CCCO)cc1)C(=O)NO. The van der Waals surface area contributed by atoms with Crippen molar-refractivity contribution < 1.29 is 25.0 Å². The summed E-state index contributed by atoms with van der Waals surface area (Å²) >= 11 is 0. The van der Waals surface area contributed by atoms with Crippen molar-refractivity contribution in [1.82, 2.24) is 10.8 Å². The molecule has 0 heterocycles. The van der Waals surface area contributed by atoms with Gasteiger partial charge >= 0.3 is 0 Å². The minimum absolute atomic E-state index is 0.0151. The van der Waals surface area contributed by atoms with E-state index in [1.165, 1.54) is 31.5 Å². The maximum absolute atomic E-state index is 12.1. The highest BCUT2D eigenvalue weighted by atomic mass is 16.5. The second-order valence-corrected chi connectivity index (χ2v) is 5.39. The molecule has 0 spiro atoms. The van der Waals surface area contributed by atoms with Crippen molar-refractivity contribution >= 4 is 11.8 Å². The van der Waals surface area contributed by atoms with E-state index in [2.05, 4.69) is 17.2 Å². The Hall–Kier alpha value is -2.40. The number of carbonyl (C=O) groups excluding carboxylic acids is 2. The zero-order chi connectivity index (χ0) is 17.5. The molecule has 0 saturated heterocycles. The molecule has 2 amide bonds. The fraction of sp³-hybridized carbons (Fsp3) is 0.375. The lowest BCUT2D eigenvalue weighted by Crippen LogP contribution is -2.57. The number of aliphatic hydroxyl groups is 2. The number of carbonyl (C=O) groups is 2. The van der Waals surface area contributed by atoms with Gasteiger partial charge in [-0.2, -0.15) is 0 Å². The molecule has 1 rings (SSSR count). The van der Waals surface area contributed by atoms with Gasteiger partial charge < -0.3 is 15.5 Å². The third-order valence-electron chi connectivity index (χ3n) is 2.97. The van der Waals surface area contributed by atoms with Gasteiger partial charge in [0.05, 0.1) is 12.2 Å². The molecular formula is C16H20N2O5. The molecule has 1 atom stereocenters. The first-order valence-electron chi connectivity index (χ1n) is 6.96. The summed E-state index contributed by atoms with van der Waals surface area (Å²) in [5.41, 5.74) is 0.815. The molecule has 0 aromatic heterocycles. The van der Waals surface area contributed by atoms with E-state index in [0.717, 1.165) is 0 Å². The van der Waals surface area contributed by atoms with Gasteiger partial charge in [-0.3, -0.25) is 14.8 Å². The van der Waals surface area contributed by atoms with E-state index in [0.29, 0.717) is 12.0 Å². The molecule has 124 valence electrons. The number of rotatable bonds is 5. The van der Waals surface area contributed by atoms with Gasteiger partial charge in [0, 0.05) is 17.5 Å². The highest BCUT2D eigenvalue weighted by Gasteiger charge is 2.34. The summed E-state index contributed by atoms with van der Waals surface area (Å²) in [5.74, 6) is 4.09. The third kappa shape index (κ3) is 5.71. The molecule has 5 N–H and O–H groups in total. The summed E-state index contributed by atoms with van der Waals surface area (Å²) in [6.07, 6.45) is 0.367. The highest BCUT2D eigenvalue weighted by Crippen LogP contribution is 2.11. The van der Waals surface area contributed by atoms with Crippen LogP contribution in [0.1, 0.15) is 36.2 Å². The van der Waals surface area contributed by atoms with Crippen LogP contribution in [-0.2, 0) is 4.79 Å². The highest BCUT2D eigenvalue weighted by molar-refractivity contribution is 5.97. The lowest BCUT2D eigenvalue weighted by Gasteiger charge is -2.28. The zero-order valence-electron chi connectivity index (χ0n) is 13.0. The predicted octanol–water partition coefficient (Wildman–Crippen LogP) is -0.205. The van der Waals surface area contributed by atoms with Crippen LogP contribution in [0.15, 0.2) is 24.3 Å². The lowest BCUT2D eigenvalue weighted by atomic mass is 9.97. The number of nitrogens with one attached hydrogen (secondary N) is 2. The summed E-state index contributed by atoms with van der Waals surface area (Å²) in [6, 6.07) is 4.99. The number of amides is 2. The van der Waals surface area contributed by atoms with Crippen LogP contribution >= 0.6 is 0 Å². The van der Waals surface area contributed by atoms with Crippen LogP contribution in [0.4, 0.5) is 0 Å². The largest absolute Gasteiger partial charge is 0.395 e. The van der Waals surface area contributed by atoms with Gasteiger partial charge in [-0.25, -0.2) is 5.48 Å². The first kappa shape index (κ1) is 18.6. The molecule has 0 radical (unpaired) electrons. The molecule has 0 aliphatic heterocycles. The van der Waals surface area contributed by atoms with Crippen LogP contribution in [0.25, 0.3) is 0 Å². The van der Waals surface area contributed by atoms with Gasteiger partial charge in [0.1, 0.15) is 6.04 Å². The zero-order valence-corrected chi connectivity index (χ0v) is 13.0. The third-order valence-corrected chi connectivity index (χ3v) is 2.97. The number of aliphatic hydroxyl groups excluding tert-OH is 1. The molecule has 0 unspecified atom stereocenters. The number of hydrogen-bond donors (Lipinski definition) is 5. The monoisotopic (exact) mass is 320 g/mol. The van der Waals surface area contributed by atoms with Crippen LogP contribution in [0.5, 0.6) is 0 Å². The average Bonchev–Trinajstić information content (AvgIpc) is 2.51. The van der Waals surface area contributed by atoms with E-state index in [1.807, 2.05) is 0 Å². The Morgan fingerprint density at radius 3 is 2.35 bits per heavy atom. The molecule has 0 bridgehead atoms. The Labute approximate surface area is 134 Å². The second kappa shape index (κ2) is 8.29. The van der Waals surface area contributed by atoms with E-state index in [4.69, 9.17) is 10.3 Å². The maximum atomic E-state index is 12.1. The molecule has 0 aliphatic rings. The van der Waals surface area contributed by atoms with Crippen LogP contribution in [0.2, 0.25) is 0 Å². The molecule has 0 saturated carbocycles. The van der Waals surface area contributed by atoms with Gasteiger partial charge in [0.15, 0.2) is 0 Å². The standard InChI is InChI=1S/C16H20N2O5/c1-16(2,22)13(15(21)18-23)17-14(20)12-8-6-11(7-9-12)5-3-4-10-19/h6-9,13,19,22-23H,4,10H2,1-2H3,(H,17,20)(H,18,21)/t13-/m1/s1. The first-order chi connectivity index (χ1) is 10.8. The fourth-order valence-electron chi connectivity index (χ4n) is 1.77. The van der Waals surface area contributed by atoms with E-state index in [9.17, 15) is 14.7 Å². The van der Waals surface area contributed by atoms with Crippen LogP contribution in [-0.4, -0.2) is 45.5 Å². The normalized spacial score (nSPS) is 11.9. The van der Waals surface area contributed by atoms with Crippen LogP contribution in [0, 0.1) is 11.8 Å². The number of benzene rings is 1. The van der Waals surface area contributed by atoms with Gasteiger partial charge in [-0.05, 0) is 38.1 Å². The number of hydrogen-bond acceptors (Lipinski definition) is 5. The summed E-state index contributed by atoms with van der Waals surface area (Å²) in [4.78, 5) is 23.7. The second-order valence-electron chi connectivity index (χ2n) is 5.39. The van der Waals surface area contributed by atoms with Crippen molar-refractivity contribution in [3.8, 4) is 11.8 Å². The fourth-order valence-corrected chi connectivity index (χ4v) is 1.77. The molecule has 7 nitrogen and oxygen atoms in total. The molecule has 1 aromatic rings. The van der Waals surface area contributed by atoms with Crippen LogP contribution < -0.4 is 10.8 Å². The van der Waals surface area contributed by atoms with Gasteiger partial charge in [-0.1, -0.05) is 11.8 Å². The maximum Gasteiger partial charge on any atom is 0.268 e. The van der Waals surface area contributed by atoms with E-state index < -0.39 is 23.5 Å². The molecule has 23 heavy (non-hydrogen) atoms.